The molecule has 0 aliphatic rings. The molecule has 2 aromatic carbocycles. The first-order valence-corrected chi connectivity index (χ1v) is 13.2. The van der Waals surface area contributed by atoms with E-state index in [0.29, 0.717) is 10.3 Å². The summed E-state index contributed by atoms with van der Waals surface area (Å²) in [5.74, 6) is 0. The molecule has 0 saturated heterocycles. The van der Waals surface area contributed by atoms with Crippen molar-refractivity contribution in [3.63, 3.8) is 0 Å². The Labute approximate surface area is 153 Å². The van der Waals surface area contributed by atoms with Crippen LogP contribution in [0.3, 0.4) is 0 Å². The van der Waals surface area contributed by atoms with Gasteiger partial charge in [-0.1, -0.05) is 58.1 Å². The maximum absolute atomic E-state index is 2.32. The monoisotopic (exact) mass is 406 g/mol. The average Bonchev–Trinajstić information content (AvgIpc) is 2.47. The van der Waals surface area contributed by atoms with Crippen molar-refractivity contribution in [2.45, 2.75) is 51.9 Å². The fourth-order valence-electron chi connectivity index (χ4n) is 1.58. The molecule has 23 heavy (non-hydrogen) atoms. The fourth-order valence-corrected chi connectivity index (χ4v) is 6.79. The van der Waals surface area contributed by atoms with E-state index in [1.807, 2.05) is 0 Å². The van der Waals surface area contributed by atoms with Gasteiger partial charge in [-0.3, -0.25) is 0 Å². The molecule has 0 saturated carbocycles. The predicted molar refractivity (Wildman–Crippen MR) is 114 cm³/mol. The molecule has 0 spiro atoms. The second-order valence-electron chi connectivity index (χ2n) is 7.61. The summed E-state index contributed by atoms with van der Waals surface area (Å²) in [6.45, 7) is 13.9. The Morgan fingerprint density at radius 3 is 1.13 bits per heavy atom. The summed E-state index contributed by atoms with van der Waals surface area (Å²) in [5.41, 5.74) is 0. The molecule has 0 aliphatic heterocycles. The molecule has 2 radical (unpaired) electrons. The summed E-state index contributed by atoms with van der Waals surface area (Å²) in [7, 11) is 2.24. The van der Waals surface area contributed by atoms with Gasteiger partial charge in [-0.2, -0.15) is 0 Å². The molecule has 2 rings (SSSR count). The molecule has 0 N–H and O–H groups in total. The van der Waals surface area contributed by atoms with Gasteiger partial charge in [0.05, 0.1) is 0 Å². The molecule has 2 atom stereocenters. The molecule has 0 bridgehead atoms. The summed E-state index contributed by atoms with van der Waals surface area (Å²) in [6, 6.07) is 21.5. The standard InChI is InChI=1S/C12H10Ge.C8H20P2/c1-3-7-11(8-4-1)13-12-9-5-2-6-10-12;1-7(2,3)9-10-8(4,5)6/h1-10H;9-10H,1-6H3. The van der Waals surface area contributed by atoms with Crippen LogP contribution in [-0.2, 0) is 0 Å². The minimum absolute atomic E-state index is 0.108. The fraction of sp³-hybridized carbons (Fsp3) is 0.400. The first-order valence-electron chi connectivity index (χ1n) is 8.07. The van der Waals surface area contributed by atoms with Crippen LogP contribution in [-0.4, -0.2) is 25.7 Å². The van der Waals surface area contributed by atoms with E-state index in [-0.39, 0.29) is 15.4 Å². The minimum atomic E-state index is -0.108. The SMILES string of the molecule is CC(C)(C)PPC(C)(C)C.c1cc[c]([Ge][c]2ccccc2)cc1. The van der Waals surface area contributed by atoms with E-state index in [4.69, 9.17) is 0 Å². The van der Waals surface area contributed by atoms with Crippen LogP contribution in [0.2, 0.25) is 0 Å². The topological polar surface area (TPSA) is 0 Å². The van der Waals surface area contributed by atoms with Crippen LogP contribution in [0.4, 0.5) is 0 Å². The molecule has 2 unspecified atom stereocenters. The van der Waals surface area contributed by atoms with Crippen LogP contribution in [0.1, 0.15) is 41.5 Å². The average molecular weight is 405 g/mol. The van der Waals surface area contributed by atoms with Crippen molar-refractivity contribution in [3.05, 3.63) is 60.7 Å². The third kappa shape index (κ3) is 11.9. The molecular weight excluding hydrogens is 375 g/mol. The van der Waals surface area contributed by atoms with Crippen LogP contribution >= 0.6 is 16.5 Å². The van der Waals surface area contributed by atoms with Gasteiger partial charge >= 0.3 is 84.9 Å². The second kappa shape index (κ2) is 9.98. The Balaban J connectivity index is 0.000000241. The van der Waals surface area contributed by atoms with Crippen LogP contribution < -0.4 is 8.79 Å². The van der Waals surface area contributed by atoms with Gasteiger partial charge in [0.15, 0.2) is 0 Å². The van der Waals surface area contributed by atoms with Gasteiger partial charge in [-0.25, -0.2) is 0 Å². The molecular formula is C20H30GeP2. The summed E-state index contributed by atoms with van der Waals surface area (Å²) in [4.78, 5) is 0. The number of hydrogen-bond donors (Lipinski definition) is 0. The number of benzene rings is 2. The molecule has 0 nitrogen and oxygen atoms in total. The van der Waals surface area contributed by atoms with Crippen molar-refractivity contribution in [1.29, 1.82) is 0 Å². The van der Waals surface area contributed by atoms with Gasteiger partial charge in [-0.05, 0) is 10.3 Å². The van der Waals surface area contributed by atoms with Crippen LogP contribution in [0.15, 0.2) is 60.7 Å². The van der Waals surface area contributed by atoms with E-state index in [0.717, 1.165) is 16.5 Å². The zero-order valence-corrected chi connectivity index (χ0v) is 19.4. The van der Waals surface area contributed by atoms with E-state index >= 15 is 0 Å². The van der Waals surface area contributed by atoms with Crippen LogP contribution in [0.5, 0.6) is 0 Å². The first-order chi connectivity index (χ1) is 10.7. The van der Waals surface area contributed by atoms with Gasteiger partial charge in [0, 0.05) is 0 Å². The van der Waals surface area contributed by atoms with Gasteiger partial charge < -0.3 is 0 Å². The Morgan fingerprint density at radius 2 is 0.870 bits per heavy atom. The van der Waals surface area contributed by atoms with Gasteiger partial charge in [-0.15, -0.1) is 0 Å². The predicted octanol–water partition coefficient (Wildman–Crippen LogP) is 5.20. The Morgan fingerprint density at radius 1 is 0.565 bits per heavy atom. The van der Waals surface area contributed by atoms with E-state index in [1.165, 1.54) is 8.79 Å². The van der Waals surface area contributed by atoms with E-state index in [2.05, 4.69) is 102 Å². The molecule has 0 amide bonds. The third-order valence-electron chi connectivity index (χ3n) is 2.65. The molecule has 2 aromatic rings. The number of hydrogen-bond acceptors (Lipinski definition) is 0. The Kier molecular flexibility index (Phi) is 9.06. The van der Waals surface area contributed by atoms with E-state index < -0.39 is 0 Å². The van der Waals surface area contributed by atoms with Crippen molar-refractivity contribution in [1.82, 2.24) is 0 Å². The third-order valence-corrected chi connectivity index (χ3v) is 11.8. The quantitative estimate of drug-likeness (QED) is 0.487. The molecule has 124 valence electrons. The zero-order chi connectivity index (χ0) is 17.3. The molecule has 0 aliphatic carbocycles. The summed E-state index contributed by atoms with van der Waals surface area (Å²) < 4.78 is 2.99. The molecule has 0 aromatic heterocycles. The first kappa shape index (κ1) is 20.9. The van der Waals surface area contributed by atoms with E-state index in [9.17, 15) is 0 Å². The van der Waals surface area contributed by atoms with Gasteiger partial charge in [0.2, 0.25) is 0 Å². The maximum atomic E-state index is 2.32. The second-order valence-corrected chi connectivity index (χ2v) is 15.6. The normalized spacial score (nSPS) is 12.6. The molecule has 0 heterocycles. The molecule has 3 heteroatoms. The van der Waals surface area contributed by atoms with E-state index in [1.54, 1.807) is 0 Å². The Hall–Kier alpha value is -0.157. The van der Waals surface area contributed by atoms with Gasteiger partial charge in [0.1, 0.15) is 0 Å². The van der Waals surface area contributed by atoms with Crippen molar-refractivity contribution in [3.8, 4) is 0 Å². The summed E-state index contributed by atoms with van der Waals surface area (Å²) >= 11 is -0.108. The molecule has 0 fully saturated rings. The van der Waals surface area contributed by atoms with Crippen molar-refractivity contribution in [2.75, 3.05) is 0 Å². The number of rotatable bonds is 3. The van der Waals surface area contributed by atoms with Crippen LogP contribution in [0, 0.1) is 0 Å². The summed E-state index contributed by atoms with van der Waals surface area (Å²) in [6.07, 6.45) is 0. The zero-order valence-electron chi connectivity index (χ0n) is 15.3. The van der Waals surface area contributed by atoms with Crippen molar-refractivity contribution >= 4 is 40.8 Å². The van der Waals surface area contributed by atoms with Gasteiger partial charge in [0.25, 0.3) is 0 Å². The Bertz CT molecular complexity index is 488. The summed E-state index contributed by atoms with van der Waals surface area (Å²) in [5, 5.41) is 1.09. The van der Waals surface area contributed by atoms with Crippen molar-refractivity contribution in [2.24, 2.45) is 0 Å². The van der Waals surface area contributed by atoms with Crippen molar-refractivity contribution < 1.29 is 0 Å². The van der Waals surface area contributed by atoms with Crippen LogP contribution in [0.25, 0.3) is 0 Å².